The molecule has 4 heterocycles. The van der Waals surface area contributed by atoms with Crippen molar-refractivity contribution in [2.45, 2.75) is 6.92 Å². The summed E-state index contributed by atoms with van der Waals surface area (Å²) in [6.45, 7) is 1.84. The van der Waals surface area contributed by atoms with Crippen molar-refractivity contribution in [2.75, 3.05) is 4.72 Å². The molecule has 0 radical (unpaired) electrons. The lowest BCUT2D eigenvalue weighted by Gasteiger charge is -2.11. The smallest absolute Gasteiger partial charge is 0.327 e. The maximum absolute atomic E-state index is 15.3. The Morgan fingerprint density at radius 1 is 1.09 bits per heavy atom. The summed E-state index contributed by atoms with van der Waals surface area (Å²) in [4.78, 5) is 29.1. The van der Waals surface area contributed by atoms with E-state index in [1.54, 1.807) is 24.5 Å². The highest BCUT2D eigenvalue weighted by molar-refractivity contribution is 7.91. The van der Waals surface area contributed by atoms with Crippen LogP contribution in [0.1, 0.15) is 21.6 Å². The third-order valence-corrected chi connectivity index (χ3v) is 6.44. The molecule has 34 heavy (non-hydrogen) atoms. The fraction of sp³-hybridized carbons (Fsp3) is 0.0435. The number of hydrogen-bond acceptors (Lipinski definition) is 6. The molecule has 0 atom stereocenters. The van der Waals surface area contributed by atoms with Crippen molar-refractivity contribution in [3.05, 3.63) is 96.1 Å². The summed E-state index contributed by atoms with van der Waals surface area (Å²) >= 11 is 0. The number of carbonyl (C=O) groups is 1. The Balaban J connectivity index is 1.53. The van der Waals surface area contributed by atoms with Crippen molar-refractivity contribution >= 4 is 32.7 Å². The first-order chi connectivity index (χ1) is 16.3. The molecule has 0 bridgehead atoms. The minimum atomic E-state index is -4.08. The van der Waals surface area contributed by atoms with Crippen LogP contribution in [0.15, 0.2) is 73.4 Å². The van der Waals surface area contributed by atoms with Gasteiger partial charge in [-0.25, -0.2) is 23.3 Å². The van der Waals surface area contributed by atoms with Crippen LogP contribution in [0, 0.1) is 12.7 Å². The molecule has 2 N–H and O–H groups in total. The summed E-state index contributed by atoms with van der Waals surface area (Å²) in [6, 6.07) is 10.5. The molecule has 0 saturated heterocycles. The van der Waals surface area contributed by atoms with Crippen LogP contribution < -0.4 is 4.72 Å². The molecule has 4 aromatic heterocycles. The third-order valence-electron chi connectivity index (χ3n) is 5.17. The minimum absolute atomic E-state index is 0.182. The molecule has 9 nitrogen and oxygen atoms in total. The number of halogens is 1. The molecule has 5 aromatic rings. The van der Waals surface area contributed by atoms with Crippen molar-refractivity contribution < 1.29 is 17.6 Å². The highest BCUT2D eigenvalue weighted by atomic mass is 32.2. The lowest BCUT2D eigenvalue weighted by molar-refractivity contribution is 0.103. The summed E-state index contributed by atoms with van der Waals surface area (Å²) in [5, 5.41) is 0.463. The summed E-state index contributed by atoms with van der Waals surface area (Å²) in [5.74, 6) is -1.17. The first-order valence-corrected chi connectivity index (χ1v) is 11.5. The molecular weight excluding hydrogens is 459 g/mol. The second-order valence-electron chi connectivity index (χ2n) is 7.46. The van der Waals surface area contributed by atoms with Crippen molar-refractivity contribution in [2.24, 2.45) is 0 Å². The van der Waals surface area contributed by atoms with E-state index >= 15 is 4.39 Å². The number of anilines is 1. The number of aryl methyl sites for hydroxylation is 1. The largest absolute Gasteiger partial charge is 0.345 e. The Labute approximate surface area is 193 Å². The quantitative estimate of drug-likeness (QED) is 0.360. The first kappa shape index (κ1) is 21.5. The van der Waals surface area contributed by atoms with E-state index in [0.717, 1.165) is 9.67 Å². The number of rotatable bonds is 6. The molecule has 0 spiro atoms. The number of aromatic nitrogens is 5. The van der Waals surface area contributed by atoms with Gasteiger partial charge in [0, 0.05) is 53.2 Å². The fourth-order valence-electron chi connectivity index (χ4n) is 3.50. The van der Waals surface area contributed by atoms with Crippen LogP contribution in [0.4, 0.5) is 10.1 Å². The second kappa shape index (κ2) is 8.19. The van der Waals surface area contributed by atoms with Gasteiger partial charge in [0.25, 0.3) is 0 Å². The van der Waals surface area contributed by atoms with E-state index in [9.17, 15) is 13.2 Å². The molecule has 1 aromatic carbocycles. The number of nitrogens with one attached hydrogen (secondary N) is 2. The average Bonchev–Trinajstić information content (AvgIpc) is 3.50. The maximum Gasteiger partial charge on any atom is 0.327 e. The first-order valence-electron chi connectivity index (χ1n) is 10.1. The zero-order valence-corrected chi connectivity index (χ0v) is 18.5. The Morgan fingerprint density at radius 3 is 2.65 bits per heavy atom. The van der Waals surface area contributed by atoms with Crippen LogP contribution in [-0.2, 0) is 10.2 Å². The van der Waals surface area contributed by atoms with Crippen molar-refractivity contribution in [1.82, 2.24) is 23.9 Å². The van der Waals surface area contributed by atoms with Gasteiger partial charge in [0.05, 0.1) is 11.3 Å². The molecule has 11 heteroatoms. The van der Waals surface area contributed by atoms with Gasteiger partial charge < -0.3 is 4.98 Å². The average molecular weight is 476 g/mol. The molecule has 0 aliphatic carbocycles. The van der Waals surface area contributed by atoms with E-state index < -0.39 is 21.8 Å². The Morgan fingerprint density at radius 2 is 1.88 bits per heavy atom. The van der Waals surface area contributed by atoms with E-state index in [4.69, 9.17) is 0 Å². The van der Waals surface area contributed by atoms with Crippen LogP contribution in [0.25, 0.3) is 22.4 Å². The molecular formula is C23H17FN6O3S. The third kappa shape index (κ3) is 3.82. The lowest BCUT2D eigenvalue weighted by Crippen LogP contribution is -2.21. The molecule has 5 rings (SSSR count). The number of carbonyl (C=O) groups excluding carboxylic acids is 1. The highest BCUT2D eigenvalue weighted by Gasteiger charge is 2.23. The number of aromatic amines is 1. The standard InChI is InChI=1S/C23H17FN6O3S/c1-14-7-8-25-22(28-14)15-11-17-18(13-27-23(17)26-12-15)21(31)16-5-4-6-19(20(16)24)29-34(32,33)30-9-2-3-10-30/h2-13,29H,1H3,(H,26,27). The van der Waals surface area contributed by atoms with Gasteiger partial charge in [0.15, 0.2) is 17.4 Å². The molecule has 0 fully saturated rings. The van der Waals surface area contributed by atoms with Gasteiger partial charge >= 0.3 is 10.2 Å². The fourth-order valence-corrected chi connectivity index (χ4v) is 4.51. The second-order valence-corrected chi connectivity index (χ2v) is 9.04. The van der Waals surface area contributed by atoms with Crippen LogP contribution in [0.2, 0.25) is 0 Å². The van der Waals surface area contributed by atoms with Crippen LogP contribution in [0.5, 0.6) is 0 Å². The monoisotopic (exact) mass is 476 g/mol. The van der Waals surface area contributed by atoms with Crippen LogP contribution in [0.3, 0.4) is 0 Å². The van der Waals surface area contributed by atoms with E-state index in [1.807, 2.05) is 6.92 Å². The maximum atomic E-state index is 15.3. The molecule has 170 valence electrons. The summed E-state index contributed by atoms with van der Waals surface area (Å²) in [5.41, 5.74) is 1.36. The molecule has 0 aliphatic heterocycles. The van der Waals surface area contributed by atoms with E-state index in [1.165, 1.54) is 48.9 Å². The number of H-pyrrole nitrogens is 1. The number of benzene rings is 1. The Kier molecular flexibility index (Phi) is 5.17. The van der Waals surface area contributed by atoms with Crippen molar-refractivity contribution in [1.29, 1.82) is 0 Å². The zero-order chi connectivity index (χ0) is 23.9. The summed E-state index contributed by atoms with van der Waals surface area (Å²) in [7, 11) is -4.08. The predicted molar refractivity (Wildman–Crippen MR) is 124 cm³/mol. The van der Waals surface area contributed by atoms with Gasteiger partial charge in [-0.2, -0.15) is 8.42 Å². The summed E-state index contributed by atoms with van der Waals surface area (Å²) < 4.78 is 43.3. The Hall–Kier alpha value is -4.38. The number of ketones is 1. The van der Waals surface area contributed by atoms with Gasteiger partial charge in [0.2, 0.25) is 0 Å². The molecule has 0 aliphatic rings. The normalized spacial score (nSPS) is 11.6. The van der Waals surface area contributed by atoms with Crippen LogP contribution >= 0.6 is 0 Å². The Bertz CT molecular complexity index is 1640. The summed E-state index contributed by atoms with van der Waals surface area (Å²) in [6.07, 6.45) is 7.27. The van der Waals surface area contributed by atoms with E-state index in [-0.39, 0.29) is 16.8 Å². The number of fused-ring (bicyclic) bond motifs is 1. The number of pyridine rings is 1. The molecule has 0 unspecified atom stereocenters. The van der Waals surface area contributed by atoms with Gasteiger partial charge in [-0.15, -0.1) is 0 Å². The minimum Gasteiger partial charge on any atom is -0.345 e. The zero-order valence-electron chi connectivity index (χ0n) is 17.7. The van der Waals surface area contributed by atoms with Gasteiger partial charge in [-0.05, 0) is 43.3 Å². The van der Waals surface area contributed by atoms with Crippen molar-refractivity contribution in [3.63, 3.8) is 0 Å². The van der Waals surface area contributed by atoms with Gasteiger partial charge in [-0.1, -0.05) is 6.07 Å². The lowest BCUT2D eigenvalue weighted by atomic mass is 10.0. The van der Waals surface area contributed by atoms with Gasteiger partial charge in [0.1, 0.15) is 5.65 Å². The van der Waals surface area contributed by atoms with E-state index in [2.05, 4.69) is 24.7 Å². The van der Waals surface area contributed by atoms with Crippen LogP contribution in [-0.4, -0.2) is 38.1 Å². The SMILES string of the molecule is Cc1ccnc(-c2cnc3[nH]cc(C(=O)c4cccc(NS(=O)(=O)n5cccc5)c4F)c3c2)n1. The number of nitrogens with zero attached hydrogens (tertiary/aromatic N) is 4. The molecule has 0 saturated carbocycles. The van der Waals surface area contributed by atoms with Gasteiger partial charge in [-0.3, -0.25) is 9.52 Å². The topological polar surface area (TPSA) is 123 Å². The highest BCUT2D eigenvalue weighted by Crippen LogP contribution is 2.27. The van der Waals surface area contributed by atoms with E-state index in [0.29, 0.717) is 22.4 Å². The van der Waals surface area contributed by atoms with Crippen molar-refractivity contribution in [3.8, 4) is 11.4 Å². The number of hydrogen-bond donors (Lipinski definition) is 2. The molecule has 0 amide bonds. The predicted octanol–water partition coefficient (Wildman–Crippen LogP) is 3.70.